The molecule has 4 heterocycles. The number of sulfone groups is 1. The Morgan fingerprint density at radius 2 is 1.82 bits per heavy atom. The van der Waals surface area contributed by atoms with Crippen molar-refractivity contribution in [3.63, 3.8) is 0 Å². The number of aromatic nitrogens is 1. The van der Waals surface area contributed by atoms with Crippen molar-refractivity contribution in [1.82, 2.24) is 19.3 Å². The van der Waals surface area contributed by atoms with Crippen LogP contribution in [-0.4, -0.2) is 95.5 Å². The van der Waals surface area contributed by atoms with Gasteiger partial charge in [-0.05, 0) is 49.1 Å². The van der Waals surface area contributed by atoms with Crippen LogP contribution in [0.5, 0.6) is 0 Å². The second kappa shape index (κ2) is 12.2. The third-order valence-electron chi connectivity index (χ3n) is 9.21. The van der Waals surface area contributed by atoms with Crippen molar-refractivity contribution in [2.45, 2.75) is 48.8 Å². The summed E-state index contributed by atoms with van der Waals surface area (Å²) in [5.74, 6) is 0.183. The number of carbonyl (C=O) groups excluding carboxylic acids is 2. The molecule has 0 radical (unpaired) electrons. The molecule has 6 rings (SSSR count). The molecule has 0 spiro atoms. The van der Waals surface area contributed by atoms with E-state index in [9.17, 15) is 23.1 Å². The molecule has 2 saturated heterocycles. The summed E-state index contributed by atoms with van der Waals surface area (Å²) in [6, 6.07) is 17.9. The Morgan fingerprint density at radius 1 is 1.02 bits per heavy atom. The minimum Gasteiger partial charge on any atom is -0.393 e. The summed E-state index contributed by atoms with van der Waals surface area (Å²) in [7, 11) is -1.49. The fraction of sp³-hybridized carbons (Fsp3) is 0.424. The van der Waals surface area contributed by atoms with Crippen molar-refractivity contribution in [1.29, 1.82) is 0 Å². The van der Waals surface area contributed by atoms with Crippen LogP contribution in [0.4, 0.5) is 5.82 Å². The second-order valence-electron chi connectivity index (χ2n) is 12.3. The number of carbonyl (C=O) groups is 2. The molecule has 44 heavy (non-hydrogen) atoms. The minimum atomic E-state index is -3.46. The molecule has 2 fully saturated rings. The van der Waals surface area contributed by atoms with Crippen LogP contribution in [0.1, 0.15) is 46.7 Å². The first-order valence-corrected chi connectivity index (χ1v) is 17.0. The summed E-state index contributed by atoms with van der Waals surface area (Å²) in [6.07, 6.45) is 6.01. The summed E-state index contributed by atoms with van der Waals surface area (Å²) >= 11 is 0. The van der Waals surface area contributed by atoms with E-state index in [1.54, 1.807) is 17.0 Å². The zero-order chi connectivity index (χ0) is 31.0. The van der Waals surface area contributed by atoms with Gasteiger partial charge < -0.3 is 24.4 Å². The molecule has 0 aliphatic carbocycles. The van der Waals surface area contributed by atoms with E-state index in [2.05, 4.69) is 16.0 Å². The lowest BCUT2D eigenvalue weighted by Crippen LogP contribution is -2.56. The number of hydrogen-bond donors (Lipinski definition) is 1. The number of fused-ring (bicyclic) bond motifs is 1. The number of rotatable bonds is 6. The lowest BCUT2D eigenvalue weighted by molar-refractivity contribution is -0.143. The first-order chi connectivity index (χ1) is 21.1. The Hall–Kier alpha value is -3.96. The van der Waals surface area contributed by atoms with Gasteiger partial charge in [0, 0.05) is 75.2 Å². The maximum Gasteiger partial charge on any atom is 0.253 e. The van der Waals surface area contributed by atoms with Gasteiger partial charge in [0.15, 0.2) is 9.84 Å². The normalized spacial score (nSPS) is 23.8. The van der Waals surface area contributed by atoms with Crippen LogP contribution < -0.4 is 0 Å². The Morgan fingerprint density at radius 3 is 2.59 bits per heavy atom. The van der Waals surface area contributed by atoms with E-state index in [0.717, 1.165) is 23.2 Å². The number of benzene rings is 2. The minimum absolute atomic E-state index is 0.0521. The summed E-state index contributed by atoms with van der Waals surface area (Å²) in [6.45, 7) is 2.48. The van der Waals surface area contributed by atoms with Crippen LogP contribution in [0.3, 0.4) is 0 Å². The van der Waals surface area contributed by atoms with Crippen molar-refractivity contribution in [3.8, 4) is 0 Å². The predicted octanol–water partition coefficient (Wildman–Crippen LogP) is 3.20. The third kappa shape index (κ3) is 6.16. The van der Waals surface area contributed by atoms with E-state index in [4.69, 9.17) is 0 Å². The maximum atomic E-state index is 14.4. The van der Waals surface area contributed by atoms with Crippen LogP contribution in [0.15, 0.2) is 76.7 Å². The molecule has 2 amide bonds. The predicted molar refractivity (Wildman–Crippen MR) is 167 cm³/mol. The topological polar surface area (TPSA) is 116 Å². The van der Waals surface area contributed by atoms with E-state index in [-0.39, 0.29) is 34.6 Å². The molecule has 1 N–H and O–H groups in total. The van der Waals surface area contributed by atoms with Gasteiger partial charge in [-0.15, -0.1) is 0 Å². The molecule has 232 valence electrons. The maximum absolute atomic E-state index is 14.4. The van der Waals surface area contributed by atoms with E-state index < -0.39 is 15.9 Å². The quantitative estimate of drug-likeness (QED) is 0.455. The summed E-state index contributed by atoms with van der Waals surface area (Å²) in [5.41, 5.74) is 2.44. The smallest absolute Gasteiger partial charge is 0.253 e. The van der Waals surface area contributed by atoms with Gasteiger partial charge in [0.05, 0.1) is 23.4 Å². The first kappa shape index (κ1) is 30.1. The number of hydrogen-bond acceptors (Lipinski definition) is 7. The van der Waals surface area contributed by atoms with E-state index in [1.807, 2.05) is 59.4 Å². The van der Waals surface area contributed by atoms with Crippen molar-refractivity contribution in [2.24, 2.45) is 18.0 Å². The van der Waals surface area contributed by atoms with Gasteiger partial charge in [0.25, 0.3) is 5.91 Å². The van der Waals surface area contributed by atoms with E-state index in [0.29, 0.717) is 57.5 Å². The Labute approximate surface area is 258 Å². The Balaban J connectivity index is 1.22. The summed E-state index contributed by atoms with van der Waals surface area (Å²) in [4.78, 5) is 38.6. The van der Waals surface area contributed by atoms with Gasteiger partial charge in [0.1, 0.15) is 5.82 Å². The highest BCUT2D eigenvalue weighted by Crippen LogP contribution is 2.36. The van der Waals surface area contributed by atoms with Gasteiger partial charge in [0.2, 0.25) is 5.91 Å². The molecule has 10 nitrogen and oxygen atoms in total. The number of amides is 2. The van der Waals surface area contributed by atoms with Crippen LogP contribution in [-0.2, 0) is 28.2 Å². The van der Waals surface area contributed by atoms with Gasteiger partial charge in [-0.25, -0.2) is 13.4 Å². The van der Waals surface area contributed by atoms with Gasteiger partial charge >= 0.3 is 0 Å². The zero-order valence-corrected chi connectivity index (χ0v) is 25.9. The number of piperidine rings is 2. The van der Waals surface area contributed by atoms with Crippen molar-refractivity contribution in [3.05, 3.63) is 83.6 Å². The highest BCUT2D eigenvalue weighted by Gasteiger charge is 2.42. The molecule has 4 atom stereocenters. The number of nitrogens with zero attached hydrogens (tertiary/aromatic N) is 5. The number of likely N-dealkylation sites (tertiary alicyclic amines) is 2. The summed E-state index contributed by atoms with van der Waals surface area (Å²) in [5, 5.41) is 10.6. The lowest BCUT2D eigenvalue weighted by atomic mass is 9.79. The number of aliphatic imine (C=N–C) groups is 1. The zero-order valence-electron chi connectivity index (χ0n) is 25.1. The number of aliphatic hydroxyl groups excluding tert-OH is 1. The van der Waals surface area contributed by atoms with Crippen LogP contribution in [0.2, 0.25) is 0 Å². The number of aliphatic hydroxyl groups is 1. The van der Waals surface area contributed by atoms with E-state index in [1.165, 1.54) is 12.1 Å². The molecular weight excluding hydrogens is 578 g/mol. The molecular formula is C33H39N5O5S. The van der Waals surface area contributed by atoms with Crippen LogP contribution >= 0.6 is 0 Å². The largest absolute Gasteiger partial charge is 0.393 e. The van der Waals surface area contributed by atoms with Crippen molar-refractivity contribution in [2.75, 3.05) is 32.4 Å². The van der Waals surface area contributed by atoms with Gasteiger partial charge in [-0.2, -0.15) is 0 Å². The fourth-order valence-corrected chi connectivity index (χ4v) is 7.53. The van der Waals surface area contributed by atoms with Crippen molar-refractivity contribution < 1.29 is 23.1 Å². The molecule has 11 heteroatoms. The molecule has 2 unspecified atom stereocenters. The van der Waals surface area contributed by atoms with Gasteiger partial charge in [-0.3, -0.25) is 9.59 Å². The molecule has 3 aliphatic heterocycles. The highest BCUT2D eigenvalue weighted by atomic mass is 32.2. The average Bonchev–Trinajstić information content (AvgIpc) is 3.40. The lowest BCUT2D eigenvalue weighted by Gasteiger charge is -2.45. The molecule has 1 aromatic heterocycles. The monoisotopic (exact) mass is 617 g/mol. The van der Waals surface area contributed by atoms with Gasteiger partial charge in [-0.1, -0.05) is 36.4 Å². The Kier molecular flexibility index (Phi) is 8.34. The molecule has 3 aromatic rings. The molecule has 3 aliphatic rings. The molecule has 2 aromatic carbocycles. The molecule has 0 saturated carbocycles. The van der Waals surface area contributed by atoms with Crippen LogP contribution in [0, 0.1) is 5.92 Å². The summed E-state index contributed by atoms with van der Waals surface area (Å²) < 4.78 is 26.2. The standard InChI is InChI=1S/C33H39N5O5S/c1-35-14-11-25-19-36(22-34-31(25)35)20-26-18-27(39)12-16-38(26)33(41)29-13-15-37(21-30(29)23-7-4-3-5-8-23)32(40)24-9-6-10-28(17-24)44(2,42)43/h3-11,14,17,22,26-27,29-30,39H,12-13,15-16,18-21H2,1-2H3/t26?,27?,29-,30+/m1/s1. The fourth-order valence-electron chi connectivity index (χ4n) is 6.87. The second-order valence-corrected chi connectivity index (χ2v) is 14.3. The number of aryl methyl sites for hydroxylation is 1. The van der Waals surface area contributed by atoms with Crippen LogP contribution in [0.25, 0.3) is 0 Å². The first-order valence-electron chi connectivity index (χ1n) is 15.1. The average molecular weight is 618 g/mol. The third-order valence-corrected chi connectivity index (χ3v) is 10.3. The van der Waals surface area contributed by atoms with E-state index >= 15 is 0 Å². The Bertz CT molecular complexity index is 1670. The highest BCUT2D eigenvalue weighted by molar-refractivity contribution is 7.90. The molecule has 0 bridgehead atoms. The van der Waals surface area contributed by atoms with Crippen molar-refractivity contribution >= 4 is 33.8 Å². The SMILES string of the molecule is Cn1ccc2c1N=CN(CC1CC(O)CCN1C(=O)[C@@H]1CCN(C(=O)c3cccc(S(C)(=O)=O)c3)C[C@H]1c1ccccc1)C2.